The predicted molar refractivity (Wildman–Crippen MR) is 106 cm³/mol. The summed E-state index contributed by atoms with van der Waals surface area (Å²) in [5.41, 5.74) is 2.63. The first kappa shape index (κ1) is 19.9. The van der Waals surface area contributed by atoms with Gasteiger partial charge in [0.05, 0.1) is 18.5 Å². The van der Waals surface area contributed by atoms with E-state index in [0.29, 0.717) is 19.5 Å². The van der Waals surface area contributed by atoms with Crippen LogP contribution in [0.3, 0.4) is 0 Å². The molecule has 1 amide bonds. The Bertz CT molecular complexity index is 678. The Hall–Kier alpha value is -1.88. The fraction of sp³-hybridized carbons (Fsp3) is 0.636. The third-order valence-electron chi connectivity index (χ3n) is 5.95. The number of carbonyl (C=O) groups is 2. The van der Waals surface area contributed by atoms with Gasteiger partial charge < -0.3 is 10.0 Å². The lowest BCUT2D eigenvalue weighted by Crippen LogP contribution is -2.45. The summed E-state index contributed by atoms with van der Waals surface area (Å²) in [6.07, 6.45) is 3.59. The van der Waals surface area contributed by atoms with Crippen molar-refractivity contribution in [2.24, 2.45) is 5.92 Å². The van der Waals surface area contributed by atoms with Gasteiger partial charge >= 0.3 is 5.97 Å². The number of likely N-dealkylation sites (tertiary alicyclic amines) is 2. The van der Waals surface area contributed by atoms with Crippen LogP contribution in [0.25, 0.3) is 0 Å². The third kappa shape index (κ3) is 4.70. The second kappa shape index (κ2) is 8.01. The maximum absolute atomic E-state index is 12.9. The SMILES string of the molecule is CC(C)(C)c1ccc(C2CCCN2C(=O)CN2CCCC(C(=O)O)C2)cc1. The minimum atomic E-state index is -0.745. The number of hydrogen-bond donors (Lipinski definition) is 1. The normalized spacial score (nSPS) is 24.2. The van der Waals surface area contributed by atoms with Crippen LogP contribution in [0.1, 0.15) is 63.6 Å². The van der Waals surface area contributed by atoms with Gasteiger partial charge in [0, 0.05) is 13.1 Å². The Kier molecular flexibility index (Phi) is 5.89. The van der Waals surface area contributed by atoms with Crippen molar-refractivity contribution in [2.75, 3.05) is 26.2 Å². The number of nitrogens with zero attached hydrogens (tertiary/aromatic N) is 2. The summed E-state index contributed by atoms with van der Waals surface area (Å²) in [4.78, 5) is 28.2. The molecule has 2 saturated heterocycles. The molecule has 0 saturated carbocycles. The minimum absolute atomic E-state index is 0.124. The van der Waals surface area contributed by atoms with E-state index in [2.05, 4.69) is 45.0 Å². The molecular weight excluding hydrogens is 340 g/mol. The minimum Gasteiger partial charge on any atom is -0.481 e. The maximum atomic E-state index is 12.9. The number of piperidine rings is 1. The Labute approximate surface area is 162 Å². The Balaban J connectivity index is 1.65. The van der Waals surface area contributed by atoms with Gasteiger partial charge in [0.2, 0.25) is 5.91 Å². The number of carboxylic acid groups (broad SMARTS) is 1. The molecule has 1 aromatic rings. The number of aliphatic carboxylic acids is 1. The summed E-state index contributed by atoms with van der Waals surface area (Å²) < 4.78 is 0. The second-order valence-corrected chi connectivity index (χ2v) is 9.03. The Morgan fingerprint density at radius 2 is 1.74 bits per heavy atom. The van der Waals surface area contributed by atoms with E-state index in [1.54, 1.807) is 0 Å². The van der Waals surface area contributed by atoms with Crippen molar-refractivity contribution in [3.63, 3.8) is 0 Å². The van der Waals surface area contributed by atoms with Crippen molar-refractivity contribution in [1.82, 2.24) is 9.80 Å². The maximum Gasteiger partial charge on any atom is 0.307 e. The molecule has 1 aromatic carbocycles. The lowest BCUT2D eigenvalue weighted by Gasteiger charge is -2.33. The van der Waals surface area contributed by atoms with E-state index in [1.165, 1.54) is 11.1 Å². The lowest BCUT2D eigenvalue weighted by molar-refractivity contribution is -0.145. The zero-order chi connectivity index (χ0) is 19.6. The molecule has 5 nitrogen and oxygen atoms in total. The van der Waals surface area contributed by atoms with Crippen LogP contribution in [0.5, 0.6) is 0 Å². The topological polar surface area (TPSA) is 60.9 Å². The highest BCUT2D eigenvalue weighted by atomic mass is 16.4. The molecule has 0 bridgehead atoms. The lowest BCUT2D eigenvalue weighted by atomic mass is 9.86. The molecule has 0 aliphatic carbocycles. The van der Waals surface area contributed by atoms with Crippen molar-refractivity contribution >= 4 is 11.9 Å². The number of hydrogen-bond acceptors (Lipinski definition) is 3. The summed E-state index contributed by atoms with van der Waals surface area (Å²) in [6.45, 7) is 9.04. The quantitative estimate of drug-likeness (QED) is 0.879. The number of carboxylic acids is 1. The first-order valence-corrected chi connectivity index (χ1v) is 10.1. The molecule has 0 radical (unpaired) electrons. The van der Waals surface area contributed by atoms with Crippen molar-refractivity contribution in [2.45, 2.75) is 57.9 Å². The molecule has 27 heavy (non-hydrogen) atoms. The molecule has 0 spiro atoms. The summed E-state index contributed by atoms with van der Waals surface area (Å²) in [5.74, 6) is -0.959. The predicted octanol–water partition coefficient (Wildman–Crippen LogP) is 3.44. The van der Waals surface area contributed by atoms with Crippen LogP contribution in [0.4, 0.5) is 0 Å². The molecule has 2 fully saturated rings. The van der Waals surface area contributed by atoms with Gasteiger partial charge in [-0.1, -0.05) is 45.0 Å². The van der Waals surface area contributed by atoms with Gasteiger partial charge in [-0.3, -0.25) is 14.5 Å². The largest absolute Gasteiger partial charge is 0.481 e. The van der Waals surface area contributed by atoms with Gasteiger partial charge in [0.1, 0.15) is 0 Å². The van der Waals surface area contributed by atoms with Crippen LogP contribution in [-0.2, 0) is 15.0 Å². The van der Waals surface area contributed by atoms with Gasteiger partial charge in [0.15, 0.2) is 0 Å². The average molecular weight is 373 g/mol. The molecule has 5 heteroatoms. The summed E-state index contributed by atoms with van der Waals surface area (Å²) >= 11 is 0. The van der Waals surface area contributed by atoms with Crippen molar-refractivity contribution in [1.29, 1.82) is 0 Å². The van der Waals surface area contributed by atoms with Gasteiger partial charge in [-0.15, -0.1) is 0 Å². The highest BCUT2D eigenvalue weighted by Crippen LogP contribution is 2.33. The molecule has 2 unspecified atom stereocenters. The van der Waals surface area contributed by atoms with Crippen LogP contribution < -0.4 is 0 Å². The summed E-state index contributed by atoms with van der Waals surface area (Å²) in [6, 6.07) is 8.83. The molecule has 2 aliphatic heterocycles. The van der Waals surface area contributed by atoms with Crippen LogP contribution in [0, 0.1) is 5.92 Å². The molecule has 2 aliphatic rings. The summed E-state index contributed by atoms with van der Waals surface area (Å²) in [7, 11) is 0. The van der Waals surface area contributed by atoms with E-state index in [0.717, 1.165) is 32.4 Å². The van der Waals surface area contributed by atoms with Gasteiger partial charge in [-0.2, -0.15) is 0 Å². The van der Waals surface area contributed by atoms with E-state index in [1.807, 2.05) is 9.80 Å². The zero-order valence-corrected chi connectivity index (χ0v) is 16.8. The monoisotopic (exact) mass is 372 g/mol. The van der Waals surface area contributed by atoms with Crippen LogP contribution in [0.15, 0.2) is 24.3 Å². The van der Waals surface area contributed by atoms with E-state index in [4.69, 9.17) is 0 Å². The molecule has 3 rings (SSSR count). The number of amides is 1. The van der Waals surface area contributed by atoms with Crippen LogP contribution in [-0.4, -0.2) is 53.0 Å². The van der Waals surface area contributed by atoms with Gasteiger partial charge in [-0.05, 0) is 48.8 Å². The molecular formula is C22H32N2O3. The first-order valence-electron chi connectivity index (χ1n) is 10.1. The van der Waals surface area contributed by atoms with E-state index in [9.17, 15) is 14.7 Å². The van der Waals surface area contributed by atoms with E-state index in [-0.39, 0.29) is 23.3 Å². The highest BCUT2D eigenvalue weighted by Gasteiger charge is 2.33. The fourth-order valence-corrected chi connectivity index (χ4v) is 4.30. The third-order valence-corrected chi connectivity index (χ3v) is 5.95. The van der Waals surface area contributed by atoms with Gasteiger partial charge in [0.25, 0.3) is 0 Å². The molecule has 2 heterocycles. The Morgan fingerprint density at radius 1 is 1.07 bits per heavy atom. The Morgan fingerprint density at radius 3 is 2.37 bits per heavy atom. The number of rotatable bonds is 4. The second-order valence-electron chi connectivity index (χ2n) is 9.03. The number of benzene rings is 1. The smallest absolute Gasteiger partial charge is 0.307 e. The molecule has 2 atom stereocenters. The van der Waals surface area contributed by atoms with Gasteiger partial charge in [-0.25, -0.2) is 0 Å². The molecule has 148 valence electrons. The van der Waals surface area contributed by atoms with E-state index < -0.39 is 5.97 Å². The molecule has 0 aromatic heterocycles. The average Bonchev–Trinajstić information content (AvgIpc) is 3.11. The first-order chi connectivity index (χ1) is 12.8. The number of carbonyl (C=O) groups excluding carboxylic acids is 1. The summed E-state index contributed by atoms with van der Waals surface area (Å²) in [5, 5.41) is 9.25. The van der Waals surface area contributed by atoms with Crippen molar-refractivity contribution in [3.8, 4) is 0 Å². The molecule has 1 N–H and O–H groups in total. The zero-order valence-electron chi connectivity index (χ0n) is 16.8. The fourth-order valence-electron chi connectivity index (χ4n) is 4.30. The van der Waals surface area contributed by atoms with Crippen molar-refractivity contribution in [3.05, 3.63) is 35.4 Å². The highest BCUT2D eigenvalue weighted by molar-refractivity contribution is 5.79. The van der Waals surface area contributed by atoms with Crippen LogP contribution >= 0.6 is 0 Å². The standard InChI is InChI=1S/C22H32N2O3/c1-22(2,3)18-10-8-16(9-11-18)19-7-5-13-24(19)20(25)15-23-12-4-6-17(14-23)21(26)27/h8-11,17,19H,4-7,12-15H2,1-3H3,(H,26,27). The van der Waals surface area contributed by atoms with Crippen molar-refractivity contribution < 1.29 is 14.7 Å². The van der Waals surface area contributed by atoms with Crippen LogP contribution in [0.2, 0.25) is 0 Å². The van der Waals surface area contributed by atoms with E-state index >= 15 is 0 Å².